The Morgan fingerprint density at radius 2 is 2.04 bits per heavy atom. The maximum atomic E-state index is 11.1. The zero-order valence-electron chi connectivity index (χ0n) is 16.2. The highest BCUT2D eigenvalue weighted by Gasteiger charge is 2.38. The minimum absolute atomic E-state index is 0.0269. The summed E-state index contributed by atoms with van der Waals surface area (Å²) in [6.07, 6.45) is 8.05. The molecule has 1 aliphatic carbocycles. The van der Waals surface area contributed by atoms with Gasteiger partial charge in [0.1, 0.15) is 5.82 Å². The Balaban J connectivity index is 1.54. The zero-order chi connectivity index (χ0) is 19.6. The van der Waals surface area contributed by atoms with Crippen LogP contribution in [-0.2, 0) is 4.74 Å². The Morgan fingerprint density at radius 1 is 1.21 bits per heavy atom. The molecule has 1 atom stereocenters. The predicted octanol–water partition coefficient (Wildman–Crippen LogP) is 4.65. The van der Waals surface area contributed by atoms with Crippen molar-refractivity contribution in [3.05, 3.63) is 46.1 Å². The second-order valence-corrected chi connectivity index (χ2v) is 7.95. The monoisotopic (exact) mass is 382 g/mol. The number of hydrogen-bond donors (Lipinski definition) is 1. The number of aromatic nitrogens is 2. The molecule has 1 saturated carbocycles. The van der Waals surface area contributed by atoms with Gasteiger partial charge in [-0.15, -0.1) is 0 Å². The Morgan fingerprint density at radius 3 is 2.82 bits per heavy atom. The molecule has 2 aromatic rings. The maximum absolute atomic E-state index is 11.1. The highest BCUT2D eigenvalue weighted by atomic mass is 16.6. The molecule has 0 bridgehead atoms. The van der Waals surface area contributed by atoms with Crippen molar-refractivity contribution in [1.29, 1.82) is 0 Å². The lowest BCUT2D eigenvalue weighted by Crippen LogP contribution is -2.45. The van der Waals surface area contributed by atoms with E-state index < -0.39 is 4.92 Å². The molecule has 0 amide bonds. The van der Waals surface area contributed by atoms with Crippen LogP contribution >= 0.6 is 0 Å². The molecule has 2 heterocycles. The van der Waals surface area contributed by atoms with Gasteiger partial charge in [0, 0.05) is 42.1 Å². The van der Waals surface area contributed by atoms with Gasteiger partial charge in [0.05, 0.1) is 10.5 Å². The summed E-state index contributed by atoms with van der Waals surface area (Å²) >= 11 is 0. The number of nitrogens with zero attached hydrogens (tertiary/aromatic N) is 3. The van der Waals surface area contributed by atoms with E-state index in [9.17, 15) is 10.1 Å². The summed E-state index contributed by atoms with van der Waals surface area (Å²) in [4.78, 5) is 19.8. The van der Waals surface area contributed by atoms with E-state index in [2.05, 4.69) is 15.3 Å². The minimum Gasteiger partial charge on any atom is -0.375 e. The summed E-state index contributed by atoms with van der Waals surface area (Å²) in [6, 6.07) is 8.71. The standard InChI is InChI=1S/C21H26N4O3/c1-15-12-19(23-17-8-11-28-21(14-17)9-3-2-4-10-21)24-20(22-15)16-6-5-7-18(13-16)25(26)27/h5-7,12-13,17H,2-4,8-11,14H2,1H3,(H,22,23,24). The Hall–Kier alpha value is -2.54. The number of nitro benzene ring substituents is 1. The molecule has 1 aliphatic heterocycles. The molecule has 1 N–H and O–H groups in total. The number of ether oxygens (including phenoxy) is 1. The van der Waals surface area contributed by atoms with Crippen LogP contribution in [0.4, 0.5) is 11.5 Å². The van der Waals surface area contributed by atoms with Crippen LogP contribution in [0, 0.1) is 17.0 Å². The lowest BCUT2D eigenvalue weighted by Gasteiger charge is -2.43. The van der Waals surface area contributed by atoms with Gasteiger partial charge >= 0.3 is 0 Å². The van der Waals surface area contributed by atoms with E-state index in [0.29, 0.717) is 17.4 Å². The number of hydrogen-bond acceptors (Lipinski definition) is 6. The number of nitro groups is 1. The number of non-ortho nitro benzene ring substituents is 1. The Bertz CT molecular complexity index is 859. The van der Waals surface area contributed by atoms with E-state index in [1.165, 1.54) is 31.4 Å². The summed E-state index contributed by atoms with van der Waals surface area (Å²) in [5.41, 5.74) is 1.55. The molecule has 4 rings (SSSR count). The molecule has 28 heavy (non-hydrogen) atoms. The van der Waals surface area contributed by atoms with E-state index in [1.807, 2.05) is 13.0 Å². The first-order valence-electron chi connectivity index (χ1n) is 10.0. The minimum atomic E-state index is -0.399. The largest absolute Gasteiger partial charge is 0.375 e. The Labute approximate surface area is 164 Å². The summed E-state index contributed by atoms with van der Waals surface area (Å²) in [6.45, 7) is 2.69. The van der Waals surface area contributed by atoms with Crippen molar-refractivity contribution in [2.45, 2.75) is 63.5 Å². The number of nitrogens with one attached hydrogen (secondary N) is 1. The Kier molecular flexibility index (Phi) is 5.26. The third-order valence-electron chi connectivity index (χ3n) is 5.78. The average molecular weight is 382 g/mol. The lowest BCUT2D eigenvalue weighted by atomic mass is 9.78. The van der Waals surface area contributed by atoms with Crippen LogP contribution in [0.2, 0.25) is 0 Å². The highest BCUT2D eigenvalue weighted by molar-refractivity contribution is 5.61. The van der Waals surface area contributed by atoms with Gasteiger partial charge in [0.25, 0.3) is 5.69 Å². The zero-order valence-corrected chi connectivity index (χ0v) is 16.2. The van der Waals surface area contributed by atoms with Crippen molar-refractivity contribution < 1.29 is 9.66 Å². The molecule has 1 aromatic carbocycles. The van der Waals surface area contributed by atoms with Crippen molar-refractivity contribution in [3.8, 4) is 11.4 Å². The number of anilines is 1. The molecule has 7 heteroatoms. The molecule has 2 aliphatic rings. The van der Waals surface area contributed by atoms with Crippen molar-refractivity contribution in [2.75, 3.05) is 11.9 Å². The highest BCUT2D eigenvalue weighted by Crippen LogP contribution is 2.39. The van der Waals surface area contributed by atoms with Crippen LogP contribution in [0.5, 0.6) is 0 Å². The fourth-order valence-electron chi connectivity index (χ4n) is 4.43. The molecular formula is C21H26N4O3. The smallest absolute Gasteiger partial charge is 0.270 e. The second-order valence-electron chi connectivity index (χ2n) is 7.95. The molecular weight excluding hydrogens is 356 g/mol. The summed E-state index contributed by atoms with van der Waals surface area (Å²) < 4.78 is 6.19. The first kappa shape index (κ1) is 18.8. The number of aryl methyl sites for hydroxylation is 1. The molecule has 7 nitrogen and oxygen atoms in total. The van der Waals surface area contributed by atoms with Gasteiger partial charge in [-0.3, -0.25) is 10.1 Å². The average Bonchev–Trinajstić information content (AvgIpc) is 2.68. The SMILES string of the molecule is Cc1cc(NC2CCOC3(CCCCC3)C2)nc(-c2cccc([N+](=O)[O-])c2)n1. The lowest BCUT2D eigenvalue weighted by molar-refractivity contribution is -0.384. The quantitative estimate of drug-likeness (QED) is 0.611. The molecule has 1 spiro atoms. The van der Waals surface area contributed by atoms with Crippen LogP contribution in [0.25, 0.3) is 11.4 Å². The maximum Gasteiger partial charge on any atom is 0.270 e. The van der Waals surface area contributed by atoms with Crippen molar-refractivity contribution >= 4 is 11.5 Å². The van der Waals surface area contributed by atoms with Crippen LogP contribution in [0.1, 0.15) is 50.6 Å². The van der Waals surface area contributed by atoms with E-state index in [4.69, 9.17) is 4.74 Å². The fourth-order valence-corrected chi connectivity index (χ4v) is 4.43. The summed E-state index contributed by atoms with van der Waals surface area (Å²) in [5.74, 6) is 1.28. The van der Waals surface area contributed by atoms with Crippen molar-refractivity contribution in [2.24, 2.45) is 0 Å². The van der Waals surface area contributed by atoms with Gasteiger partial charge in [-0.1, -0.05) is 31.4 Å². The third-order valence-corrected chi connectivity index (χ3v) is 5.78. The third kappa shape index (κ3) is 4.14. The van der Waals surface area contributed by atoms with Crippen LogP contribution in [0.15, 0.2) is 30.3 Å². The first-order valence-corrected chi connectivity index (χ1v) is 10.0. The van der Waals surface area contributed by atoms with E-state index in [0.717, 1.165) is 43.8 Å². The van der Waals surface area contributed by atoms with Crippen LogP contribution < -0.4 is 5.32 Å². The second kappa shape index (κ2) is 7.83. The van der Waals surface area contributed by atoms with Gasteiger partial charge in [0.15, 0.2) is 5.82 Å². The molecule has 1 unspecified atom stereocenters. The van der Waals surface area contributed by atoms with Gasteiger partial charge in [-0.2, -0.15) is 0 Å². The van der Waals surface area contributed by atoms with E-state index in [1.54, 1.807) is 12.1 Å². The van der Waals surface area contributed by atoms with Crippen LogP contribution in [0.3, 0.4) is 0 Å². The number of benzene rings is 1. The summed E-state index contributed by atoms with van der Waals surface area (Å²) in [5, 5.41) is 14.6. The van der Waals surface area contributed by atoms with Gasteiger partial charge in [-0.25, -0.2) is 9.97 Å². The topological polar surface area (TPSA) is 90.2 Å². The molecule has 1 saturated heterocycles. The molecule has 2 fully saturated rings. The van der Waals surface area contributed by atoms with Crippen LogP contribution in [-0.4, -0.2) is 33.1 Å². The first-order chi connectivity index (χ1) is 13.5. The van der Waals surface area contributed by atoms with Gasteiger partial charge in [-0.05, 0) is 32.6 Å². The normalized spacial score (nSPS) is 21.4. The van der Waals surface area contributed by atoms with Crippen molar-refractivity contribution in [1.82, 2.24) is 9.97 Å². The predicted molar refractivity (Wildman–Crippen MR) is 107 cm³/mol. The van der Waals surface area contributed by atoms with Crippen molar-refractivity contribution in [3.63, 3.8) is 0 Å². The molecule has 1 aromatic heterocycles. The number of rotatable bonds is 4. The van der Waals surface area contributed by atoms with E-state index >= 15 is 0 Å². The summed E-state index contributed by atoms with van der Waals surface area (Å²) in [7, 11) is 0. The fraction of sp³-hybridized carbons (Fsp3) is 0.524. The van der Waals surface area contributed by atoms with E-state index in [-0.39, 0.29) is 11.3 Å². The van der Waals surface area contributed by atoms with Gasteiger partial charge < -0.3 is 10.1 Å². The van der Waals surface area contributed by atoms with Gasteiger partial charge in [0.2, 0.25) is 0 Å². The molecule has 0 radical (unpaired) electrons. The molecule has 148 valence electrons.